The second-order valence-electron chi connectivity index (χ2n) is 4.27. The minimum absolute atomic E-state index is 0.0141. The van der Waals surface area contributed by atoms with Crippen molar-refractivity contribution in [1.29, 1.82) is 0 Å². The maximum absolute atomic E-state index is 12.5. The Bertz CT molecular complexity index is 661. The standard InChI is InChI=1S/C10H12N4O3S2/c11-9-12-13-10(18-9)19(15,16)14(7-3-4-7)6-8-2-1-5-17-8/h1-2,5,7H,3-4,6H2,(H2,11,12). The molecule has 19 heavy (non-hydrogen) atoms. The number of rotatable bonds is 5. The Kier molecular flexibility index (Phi) is 3.03. The summed E-state index contributed by atoms with van der Waals surface area (Å²) >= 11 is 0.876. The molecule has 0 spiro atoms. The average molecular weight is 300 g/mol. The van der Waals surface area contributed by atoms with Crippen LogP contribution in [0.5, 0.6) is 0 Å². The van der Waals surface area contributed by atoms with Crippen LogP contribution in [-0.2, 0) is 16.6 Å². The van der Waals surface area contributed by atoms with Gasteiger partial charge in [-0.05, 0) is 25.0 Å². The molecule has 0 saturated heterocycles. The molecule has 0 amide bonds. The van der Waals surface area contributed by atoms with Crippen LogP contribution in [0.4, 0.5) is 5.13 Å². The number of nitrogens with two attached hydrogens (primary N) is 1. The van der Waals surface area contributed by atoms with Gasteiger partial charge in [-0.1, -0.05) is 11.3 Å². The molecule has 3 rings (SSSR count). The predicted molar refractivity (Wildman–Crippen MR) is 68.8 cm³/mol. The van der Waals surface area contributed by atoms with E-state index >= 15 is 0 Å². The van der Waals surface area contributed by atoms with E-state index in [1.54, 1.807) is 12.1 Å². The van der Waals surface area contributed by atoms with E-state index in [0.717, 1.165) is 24.2 Å². The molecule has 2 heterocycles. The van der Waals surface area contributed by atoms with Crippen molar-refractivity contribution in [2.24, 2.45) is 0 Å². The largest absolute Gasteiger partial charge is 0.468 e. The van der Waals surface area contributed by atoms with Gasteiger partial charge in [-0.15, -0.1) is 10.2 Å². The first-order chi connectivity index (χ1) is 9.07. The first-order valence-electron chi connectivity index (χ1n) is 5.70. The summed E-state index contributed by atoms with van der Waals surface area (Å²) in [6.45, 7) is 0.208. The Balaban J connectivity index is 1.91. The maximum Gasteiger partial charge on any atom is 0.273 e. The minimum atomic E-state index is -3.65. The van der Waals surface area contributed by atoms with E-state index in [1.807, 2.05) is 0 Å². The van der Waals surface area contributed by atoms with Crippen molar-refractivity contribution in [3.63, 3.8) is 0 Å². The summed E-state index contributed by atoms with van der Waals surface area (Å²) in [5.41, 5.74) is 5.45. The van der Waals surface area contributed by atoms with E-state index < -0.39 is 10.0 Å². The first kappa shape index (κ1) is 12.6. The highest BCUT2D eigenvalue weighted by Gasteiger charge is 2.40. The number of sulfonamides is 1. The molecule has 9 heteroatoms. The van der Waals surface area contributed by atoms with Crippen molar-refractivity contribution in [1.82, 2.24) is 14.5 Å². The van der Waals surface area contributed by atoms with Gasteiger partial charge in [-0.25, -0.2) is 8.42 Å². The highest BCUT2D eigenvalue weighted by Crippen LogP contribution is 2.34. The number of hydrogen-bond acceptors (Lipinski definition) is 7. The summed E-state index contributed by atoms with van der Waals surface area (Å²) in [7, 11) is -3.65. The van der Waals surface area contributed by atoms with Crippen LogP contribution in [0.1, 0.15) is 18.6 Å². The van der Waals surface area contributed by atoms with Crippen molar-refractivity contribution in [3.05, 3.63) is 24.2 Å². The molecular weight excluding hydrogens is 288 g/mol. The highest BCUT2D eigenvalue weighted by atomic mass is 32.2. The van der Waals surface area contributed by atoms with Crippen molar-refractivity contribution in [3.8, 4) is 0 Å². The number of furan rings is 1. The quantitative estimate of drug-likeness (QED) is 0.886. The maximum atomic E-state index is 12.5. The van der Waals surface area contributed by atoms with Crippen molar-refractivity contribution in [2.75, 3.05) is 5.73 Å². The Morgan fingerprint density at radius 1 is 1.47 bits per heavy atom. The molecule has 1 aliphatic rings. The normalized spacial score (nSPS) is 16.1. The van der Waals surface area contributed by atoms with Gasteiger partial charge in [0, 0.05) is 6.04 Å². The SMILES string of the molecule is Nc1nnc(S(=O)(=O)N(Cc2ccco2)C2CC2)s1. The van der Waals surface area contributed by atoms with Gasteiger partial charge in [-0.2, -0.15) is 4.31 Å². The molecule has 0 bridgehead atoms. The zero-order valence-corrected chi connectivity index (χ0v) is 11.5. The molecule has 2 aromatic rings. The summed E-state index contributed by atoms with van der Waals surface area (Å²) in [6.07, 6.45) is 3.23. The Morgan fingerprint density at radius 2 is 2.26 bits per heavy atom. The fraction of sp³-hybridized carbons (Fsp3) is 0.400. The molecule has 0 aliphatic heterocycles. The van der Waals surface area contributed by atoms with Gasteiger partial charge in [0.2, 0.25) is 9.47 Å². The van der Waals surface area contributed by atoms with Gasteiger partial charge in [0.15, 0.2) is 0 Å². The lowest BCUT2D eigenvalue weighted by Gasteiger charge is -2.18. The molecule has 1 fully saturated rings. The number of anilines is 1. The number of nitrogen functional groups attached to an aromatic ring is 1. The summed E-state index contributed by atoms with van der Waals surface area (Å²) in [6, 6.07) is 3.50. The topological polar surface area (TPSA) is 102 Å². The summed E-state index contributed by atoms with van der Waals surface area (Å²) in [4.78, 5) is 0. The molecule has 0 unspecified atom stereocenters. The van der Waals surface area contributed by atoms with E-state index in [2.05, 4.69) is 10.2 Å². The van der Waals surface area contributed by atoms with Gasteiger partial charge in [0.25, 0.3) is 10.0 Å². The minimum Gasteiger partial charge on any atom is -0.468 e. The van der Waals surface area contributed by atoms with E-state index in [4.69, 9.17) is 10.2 Å². The van der Waals surface area contributed by atoms with Crippen LogP contribution in [0.25, 0.3) is 0 Å². The fourth-order valence-electron chi connectivity index (χ4n) is 1.75. The molecule has 0 atom stereocenters. The third kappa shape index (κ3) is 2.48. The zero-order chi connectivity index (χ0) is 13.5. The molecule has 2 N–H and O–H groups in total. The van der Waals surface area contributed by atoms with Crippen LogP contribution in [0.2, 0.25) is 0 Å². The highest BCUT2D eigenvalue weighted by molar-refractivity contribution is 7.91. The second-order valence-corrected chi connectivity index (χ2v) is 7.34. The van der Waals surface area contributed by atoms with E-state index in [1.165, 1.54) is 10.6 Å². The van der Waals surface area contributed by atoms with Gasteiger partial charge in [0.05, 0.1) is 12.8 Å². The molecule has 1 aliphatic carbocycles. The lowest BCUT2D eigenvalue weighted by atomic mass is 10.4. The fourth-order valence-corrected chi connectivity index (χ4v) is 4.31. The van der Waals surface area contributed by atoms with Crippen molar-refractivity contribution < 1.29 is 12.8 Å². The number of hydrogen-bond donors (Lipinski definition) is 1. The van der Waals surface area contributed by atoms with Gasteiger partial charge in [0.1, 0.15) is 5.76 Å². The Labute approximate surface area is 114 Å². The van der Waals surface area contributed by atoms with Crippen LogP contribution in [0.15, 0.2) is 27.2 Å². The molecule has 2 aromatic heterocycles. The molecule has 102 valence electrons. The summed E-state index contributed by atoms with van der Waals surface area (Å²) in [5.74, 6) is 0.605. The first-order valence-corrected chi connectivity index (χ1v) is 7.96. The third-order valence-electron chi connectivity index (χ3n) is 2.80. The van der Waals surface area contributed by atoms with Gasteiger partial charge < -0.3 is 10.2 Å². The molecular formula is C10H12N4O3S2. The van der Waals surface area contributed by atoms with Crippen LogP contribution in [0, 0.1) is 0 Å². The van der Waals surface area contributed by atoms with Crippen LogP contribution < -0.4 is 5.73 Å². The molecule has 0 radical (unpaired) electrons. The van der Waals surface area contributed by atoms with Crippen molar-refractivity contribution in [2.45, 2.75) is 29.8 Å². The lowest BCUT2D eigenvalue weighted by Crippen LogP contribution is -2.32. The second kappa shape index (κ2) is 4.58. The number of nitrogens with zero attached hydrogens (tertiary/aromatic N) is 3. The van der Waals surface area contributed by atoms with E-state index in [0.29, 0.717) is 5.76 Å². The molecule has 0 aromatic carbocycles. The van der Waals surface area contributed by atoms with E-state index in [-0.39, 0.29) is 22.1 Å². The third-order valence-corrected chi connectivity index (χ3v) is 5.79. The van der Waals surface area contributed by atoms with Gasteiger partial charge >= 0.3 is 0 Å². The summed E-state index contributed by atoms with van der Waals surface area (Å²) in [5, 5.41) is 7.34. The zero-order valence-electron chi connectivity index (χ0n) is 9.89. The molecule has 7 nitrogen and oxygen atoms in total. The number of aromatic nitrogens is 2. The average Bonchev–Trinajstić information content (AvgIpc) is 2.88. The Hall–Kier alpha value is -1.45. The van der Waals surface area contributed by atoms with Gasteiger partial charge in [-0.3, -0.25) is 0 Å². The monoisotopic (exact) mass is 300 g/mol. The van der Waals surface area contributed by atoms with Crippen LogP contribution in [0.3, 0.4) is 0 Å². The van der Waals surface area contributed by atoms with E-state index in [9.17, 15) is 8.42 Å². The Morgan fingerprint density at radius 3 is 2.79 bits per heavy atom. The molecule has 1 saturated carbocycles. The summed E-state index contributed by atoms with van der Waals surface area (Å²) < 4.78 is 31.5. The van der Waals surface area contributed by atoms with Crippen molar-refractivity contribution >= 4 is 26.5 Å². The van der Waals surface area contributed by atoms with Crippen LogP contribution >= 0.6 is 11.3 Å². The van der Waals surface area contributed by atoms with Crippen LogP contribution in [-0.4, -0.2) is 29.0 Å². The smallest absolute Gasteiger partial charge is 0.273 e. The lowest BCUT2D eigenvalue weighted by molar-refractivity contribution is 0.356. The predicted octanol–water partition coefficient (Wildman–Crippen LogP) is 1.07.